The van der Waals surface area contributed by atoms with E-state index in [0.717, 1.165) is 13.1 Å². The average molecular weight is 254 g/mol. The largest absolute Gasteiger partial charge is 0.371 e. The van der Waals surface area contributed by atoms with Gasteiger partial charge in [-0.2, -0.15) is 0 Å². The molecule has 2 nitrogen and oxygen atoms in total. The smallest absolute Gasteiger partial charge is 0.0372 e. The maximum atomic E-state index is 3.43. The van der Waals surface area contributed by atoms with Gasteiger partial charge in [-0.3, -0.25) is 0 Å². The molecule has 2 heteroatoms. The maximum Gasteiger partial charge on any atom is 0.0372 e. The molecule has 0 radical (unpaired) electrons. The summed E-state index contributed by atoms with van der Waals surface area (Å²) in [7, 11) is 2.23. The van der Waals surface area contributed by atoms with Crippen molar-refractivity contribution in [2.45, 2.75) is 25.8 Å². The number of aryl methyl sites for hydroxylation is 1. The molecule has 1 N–H and O–H groups in total. The van der Waals surface area contributed by atoms with E-state index in [0.29, 0.717) is 6.04 Å². The number of fused-ring (bicyclic) bond motifs is 1. The summed E-state index contributed by atoms with van der Waals surface area (Å²) in [6.45, 7) is 4.43. The molecule has 100 valence electrons. The molecule has 1 fully saturated rings. The predicted molar refractivity (Wildman–Crippen MR) is 83.0 cm³/mol. The van der Waals surface area contributed by atoms with Gasteiger partial charge in [0.25, 0.3) is 0 Å². The minimum Gasteiger partial charge on any atom is -0.371 e. The van der Waals surface area contributed by atoms with Gasteiger partial charge in [0.1, 0.15) is 0 Å². The van der Waals surface area contributed by atoms with Crippen molar-refractivity contribution in [2.75, 3.05) is 25.0 Å². The van der Waals surface area contributed by atoms with Crippen LogP contribution in [0.25, 0.3) is 10.8 Å². The summed E-state index contributed by atoms with van der Waals surface area (Å²) in [4.78, 5) is 2.44. The summed E-state index contributed by atoms with van der Waals surface area (Å²) >= 11 is 0. The number of hydrogen-bond acceptors (Lipinski definition) is 2. The third kappa shape index (κ3) is 2.59. The quantitative estimate of drug-likeness (QED) is 0.884. The predicted octanol–water partition coefficient (Wildman–Crippen LogP) is 3.34. The number of rotatable bonds is 2. The van der Waals surface area contributed by atoms with Crippen molar-refractivity contribution in [3.63, 3.8) is 0 Å². The van der Waals surface area contributed by atoms with Gasteiger partial charge >= 0.3 is 0 Å². The summed E-state index contributed by atoms with van der Waals surface area (Å²) in [5.74, 6) is 0. The number of anilines is 1. The van der Waals surface area contributed by atoms with E-state index in [2.05, 4.69) is 60.6 Å². The van der Waals surface area contributed by atoms with E-state index in [-0.39, 0.29) is 0 Å². The topological polar surface area (TPSA) is 15.3 Å². The van der Waals surface area contributed by atoms with Crippen LogP contribution in [0, 0.1) is 6.92 Å². The van der Waals surface area contributed by atoms with Crippen molar-refractivity contribution < 1.29 is 0 Å². The van der Waals surface area contributed by atoms with Crippen molar-refractivity contribution in [1.82, 2.24) is 5.32 Å². The van der Waals surface area contributed by atoms with Crippen LogP contribution >= 0.6 is 0 Å². The second-order valence-electron chi connectivity index (χ2n) is 5.63. The van der Waals surface area contributed by atoms with Crippen molar-refractivity contribution in [2.24, 2.45) is 0 Å². The highest BCUT2D eigenvalue weighted by Crippen LogP contribution is 2.25. The first-order valence-electron chi connectivity index (χ1n) is 7.18. The SMILES string of the molecule is Cc1ccc2cc(N(C)C3CCNCC3)ccc2c1. The van der Waals surface area contributed by atoms with Gasteiger partial charge < -0.3 is 10.2 Å². The molecular weight excluding hydrogens is 232 g/mol. The molecule has 0 unspecified atom stereocenters. The van der Waals surface area contributed by atoms with E-state index >= 15 is 0 Å². The fourth-order valence-electron chi connectivity index (χ4n) is 2.98. The van der Waals surface area contributed by atoms with E-state index in [1.54, 1.807) is 0 Å². The highest BCUT2D eigenvalue weighted by Gasteiger charge is 2.18. The molecule has 1 aliphatic rings. The zero-order valence-corrected chi connectivity index (χ0v) is 11.8. The first-order chi connectivity index (χ1) is 9.24. The molecule has 1 aliphatic heterocycles. The third-order valence-corrected chi connectivity index (χ3v) is 4.24. The van der Waals surface area contributed by atoms with Crippen LogP contribution in [0.2, 0.25) is 0 Å². The molecule has 0 saturated carbocycles. The molecule has 3 rings (SSSR count). The molecule has 0 amide bonds. The highest BCUT2D eigenvalue weighted by atomic mass is 15.1. The van der Waals surface area contributed by atoms with Crippen LogP contribution in [0.15, 0.2) is 36.4 Å². The molecule has 2 aromatic carbocycles. The Bertz CT molecular complexity index is 570. The van der Waals surface area contributed by atoms with Crippen LogP contribution in [0.1, 0.15) is 18.4 Å². The van der Waals surface area contributed by atoms with Gasteiger partial charge in [-0.15, -0.1) is 0 Å². The van der Waals surface area contributed by atoms with Gasteiger partial charge in [-0.25, -0.2) is 0 Å². The Balaban J connectivity index is 1.89. The van der Waals surface area contributed by atoms with Crippen LogP contribution in [-0.2, 0) is 0 Å². The standard InChI is InChI=1S/C17H22N2/c1-13-3-4-15-12-17(6-5-14(15)11-13)19(2)16-7-9-18-10-8-16/h3-6,11-12,16,18H,7-10H2,1-2H3. The van der Waals surface area contributed by atoms with Gasteiger partial charge in [0.05, 0.1) is 0 Å². The van der Waals surface area contributed by atoms with E-state index in [4.69, 9.17) is 0 Å². The first-order valence-corrected chi connectivity index (χ1v) is 7.18. The van der Waals surface area contributed by atoms with Crippen molar-refractivity contribution in [3.8, 4) is 0 Å². The van der Waals surface area contributed by atoms with Gasteiger partial charge in [-0.1, -0.05) is 29.8 Å². The summed E-state index contributed by atoms with van der Waals surface area (Å²) in [6.07, 6.45) is 2.48. The number of benzene rings is 2. The van der Waals surface area contributed by atoms with Crippen molar-refractivity contribution >= 4 is 16.5 Å². The summed E-state index contributed by atoms with van der Waals surface area (Å²) in [6, 6.07) is 14.2. The van der Waals surface area contributed by atoms with Crippen LogP contribution in [0.4, 0.5) is 5.69 Å². The van der Waals surface area contributed by atoms with Crippen LogP contribution in [0.5, 0.6) is 0 Å². The number of piperidine rings is 1. The summed E-state index contributed by atoms with van der Waals surface area (Å²) in [5.41, 5.74) is 2.66. The van der Waals surface area contributed by atoms with E-state index in [1.807, 2.05) is 0 Å². The Hall–Kier alpha value is -1.54. The normalized spacial score (nSPS) is 16.7. The molecule has 1 saturated heterocycles. The molecule has 0 aliphatic carbocycles. The Kier molecular flexibility index (Phi) is 3.43. The third-order valence-electron chi connectivity index (χ3n) is 4.24. The van der Waals surface area contributed by atoms with Gasteiger partial charge in [0, 0.05) is 18.8 Å². The van der Waals surface area contributed by atoms with Gasteiger partial charge in [-0.05, 0) is 55.8 Å². The maximum absolute atomic E-state index is 3.43. The molecule has 1 heterocycles. The zero-order chi connectivity index (χ0) is 13.2. The minimum atomic E-state index is 0.671. The fourth-order valence-corrected chi connectivity index (χ4v) is 2.98. The molecule has 2 aromatic rings. The van der Waals surface area contributed by atoms with Crippen molar-refractivity contribution in [1.29, 1.82) is 0 Å². The lowest BCUT2D eigenvalue weighted by atomic mass is 10.0. The molecule has 0 spiro atoms. The van der Waals surface area contributed by atoms with Crippen LogP contribution in [0.3, 0.4) is 0 Å². The van der Waals surface area contributed by atoms with E-state index in [9.17, 15) is 0 Å². The van der Waals surface area contributed by atoms with Gasteiger partial charge in [0.15, 0.2) is 0 Å². The fraction of sp³-hybridized carbons (Fsp3) is 0.412. The molecule has 0 aromatic heterocycles. The lowest BCUT2D eigenvalue weighted by molar-refractivity contribution is 0.443. The second-order valence-corrected chi connectivity index (χ2v) is 5.63. The average Bonchev–Trinajstić information content (AvgIpc) is 2.47. The van der Waals surface area contributed by atoms with E-state index in [1.165, 1.54) is 34.9 Å². The number of nitrogens with zero attached hydrogens (tertiary/aromatic N) is 1. The van der Waals surface area contributed by atoms with Crippen molar-refractivity contribution in [3.05, 3.63) is 42.0 Å². The Morgan fingerprint density at radius 3 is 2.47 bits per heavy atom. The molecular formula is C17H22N2. The zero-order valence-electron chi connectivity index (χ0n) is 11.8. The Labute approximate surface area is 115 Å². The Morgan fingerprint density at radius 1 is 1.00 bits per heavy atom. The van der Waals surface area contributed by atoms with Gasteiger partial charge in [0.2, 0.25) is 0 Å². The summed E-state index contributed by atoms with van der Waals surface area (Å²) in [5, 5.41) is 6.10. The van der Waals surface area contributed by atoms with Crippen LogP contribution in [-0.4, -0.2) is 26.2 Å². The summed E-state index contributed by atoms with van der Waals surface area (Å²) < 4.78 is 0. The highest BCUT2D eigenvalue weighted by molar-refractivity contribution is 5.86. The second kappa shape index (κ2) is 5.22. The monoisotopic (exact) mass is 254 g/mol. The lowest BCUT2D eigenvalue weighted by Gasteiger charge is -2.33. The molecule has 0 atom stereocenters. The molecule has 0 bridgehead atoms. The van der Waals surface area contributed by atoms with E-state index < -0.39 is 0 Å². The van der Waals surface area contributed by atoms with Crippen LogP contribution < -0.4 is 10.2 Å². The first kappa shape index (κ1) is 12.5. The molecule has 19 heavy (non-hydrogen) atoms. The number of nitrogens with one attached hydrogen (secondary N) is 1. The number of hydrogen-bond donors (Lipinski definition) is 1. The lowest BCUT2D eigenvalue weighted by Crippen LogP contribution is -2.41. The minimum absolute atomic E-state index is 0.671. The Morgan fingerprint density at radius 2 is 1.68 bits per heavy atom.